The molecule has 1 saturated carbocycles. The Morgan fingerprint density at radius 3 is 2.29 bits per heavy atom. The fourth-order valence-electron chi connectivity index (χ4n) is 2.98. The first-order valence-electron chi connectivity index (χ1n) is 7.66. The molecule has 0 radical (unpaired) electrons. The van der Waals surface area contributed by atoms with Crippen molar-refractivity contribution in [2.24, 2.45) is 0 Å². The molecule has 0 amide bonds. The van der Waals surface area contributed by atoms with Gasteiger partial charge in [-0.25, -0.2) is 4.79 Å². The van der Waals surface area contributed by atoms with Crippen LogP contribution >= 0.6 is 0 Å². The fraction of sp³-hybridized carbons (Fsp3) is 0.438. The third-order valence-corrected chi connectivity index (χ3v) is 4.10. The average Bonchev–Trinajstić information content (AvgIpc) is 2.54. The SMILES string of the molecule is C=C(C)C(=O)Oc1ccc([N+](=O)[O-])c([N+](=O)[O-])c1C1CCCCC1. The van der Waals surface area contributed by atoms with E-state index in [0.717, 1.165) is 25.3 Å². The summed E-state index contributed by atoms with van der Waals surface area (Å²) in [4.78, 5) is 33.0. The molecule has 2 rings (SSSR count). The van der Waals surface area contributed by atoms with E-state index in [4.69, 9.17) is 4.74 Å². The van der Waals surface area contributed by atoms with E-state index in [0.29, 0.717) is 12.8 Å². The number of nitro benzene ring substituents is 2. The molecule has 1 aliphatic rings. The Hall–Kier alpha value is -2.77. The number of rotatable bonds is 5. The Balaban J connectivity index is 2.63. The van der Waals surface area contributed by atoms with Crippen molar-refractivity contribution in [3.63, 3.8) is 0 Å². The van der Waals surface area contributed by atoms with Crippen LogP contribution in [-0.2, 0) is 4.79 Å². The van der Waals surface area contributed by atoms with E-state index in [-0.39, 0.29) is 22.8 Å². The van der Waals surface area contributed by atoms with E-state index in [2.05, 4.69) is 6.58 Å². The zero-order chi connectivity index (χ0) is 17.9. The van der Waals surface area contributed by atoms with Crippen LogP contribution in [0.5, 0.6) is 5.75 Å². The van der Waals surface area contributed by atoms with E-state index < -0.39 is 27.2 Å². The van der Waals surface area contributed by atoms with Crippen molar-refractivity contribution in [3.8, 4) is 5.75 Å². The largest absolute Gasteiger partial charge is 0.423 e. The lowest BCUT2D eigenvalue weighted by molar-refractivity contribution is -0.423. The molecule has 0 heterocycles. The summed E-state index contributed by atoms with van der Waals surface area (Å²) in [5, 5.41) is 22.7. The summed E-state index contributed by atoms with van der Waals surface area (Å²) in [5.41, 5.74) is -0.885. The number of nitro groups is 2. The predicted octanol–water partition coefficient (Wildman–Crippen LogP) is 4.03. The Morgan fingerprint density at radius 1 is 1.17 bits per heavy atom. The number of ether oxygens (including phenoxy) is 1. The van der Waals surface area contributed by atoms with E-state index in [1.807, 2.05) is 0 Å². The molecule has 1 aliphatic carbocycles. The van der Waals surface area contributed by atoms with Gasteiger partial charge in [-0.1, -0.05) is 25.8 Å². The highest BCUT2D eigenvalue weighted by Crippen LogP contribution is 2.46. The van der Waals surface area contributed by atoms with E-state index >= 15 is 0 Å². The molecular weight excluding hydrogens is 316 g/mol. The molecule has 0 atom stereocenters. The second-order valence-corrected chi connectivity index (χ2v) is 5.86. The van der Waals surface area contributed by atoms with Crippen molar-refractivity contribution in [1.82, 2.24) is 0 Å². The zero-order valence-electron chi connectivity index (χ0n) is 13.3. The van der Waals surface area contributed by atoms with E-state index in [1.165, 1.54) is 13.0 Å². The number of esters is 1. The van der Waals surface area contributed by atoms with Crippen LogP contribution in [0.25, 0.3) is 0 Å². The van der Waals surface area contributed by atoms with Crippen molar-refractivity contribution < 1.29 is 19.4 Å². The highest BCUT2D eigenvalue weighted by Gasteiger charge is 2.36. The van der Waals surface area contributed by atoms with Gasteiger partial charge in [-0.05, 0) is 31.7 Å². The third-order valence-electron chi connectivity index (χ3n) is 4.10. The fourth-order valence-corrected chi connectivity index (χ4v) is 2.98. The second kappa shape index (κ2) is 7.20. The van der Waals surface area contributed by atoms with Crippen LogP contribution in [0.3, 0.4) is 0 Å². The van der Waals surface area contributed by atoms with Crippen LogP contribution in [-0.4, -0.2) is 15.8 Å². The molecule has 0 spiro atoms. The van der Waals surface area contributed by atoms with Crippen molar-refractivity contribution >= 4 is 17.3 Å². The number of hydrogen-bond acceptors (Lipinski definition) is 6. The topological polar surface area (TPSA) is 113 Å². The Morgan fingerprint density at radius 2 is 1.79 bits per heavy atom. The van der Waals surface area contributed by atoms with Gasteiger partial charge in [0.25, 0.3) is 0 Å². The third kappa shape index (κ3) is 3.58. The Labute approximate surface area is 138 Å². The van der Waals surface area contributed by atoms with Gasteiger partial charge in [0.1, 0.15) is 5.75 Å². The lowest BCUT2D eigenvalue weighted by Crippen LogP contribution is -2.15. The maximum atomic E-state index is 11.8. The molecule has 8 heteroatoms. The van der Waals surface area contributed by atoms with E-state index in [9.17, 15) is 25.0 Å². The number of hydrogen-bond donors (Lipinski definition) is 0. The van der Waals surface area contributed by atoms with Gasteiger partial charge in [-0.15, -0.1) is 0 Å². The van der Waals surface area contributed by atoms with Gasteiger partial charge in [0.05, 0.1) is 15.4 Å². The minimum Gasteiger partial charge on any atom is -0.423 e. The summed E-state index contributed by atoms with van der Waals surface area (Å²) in [6.45, 7) is 4.94. The molecule has 0 saturated heterocycles. The number of benzene rings is 1. The minimum absolute atomic E-state index is 0.00667. The molecule has 1 aromatic rings. The molecule has 24 heavy (non-hydrogen) atoms. The van der Waals surface area contributed by atoms with Gasteiger partial charge in [0, 0.05) is 11.6 Å². The summed E-state index contributed by atoms with van der Waals surface area (Å²) in [6, 6.07) is 2.27. The maximum Gasteiger partial charge on any atom is 0.353 e. The quantitative estimate of drug-likeness (QED) is 0.264. The highest BCUT2D eigenvalue weighted by atomic mass is 16.6. The molecular formula is C16H18N2O6. The van der Waals surface area contributed by atoms with Crippen molar-refractivity contribution in [2.75, 3.05) is 0 Å². The van der Waals surface area contributed by atoms with Crippen molar-refractivity contribution in [3.05, 3.63) is 50.1 Å². The van der Waals surface area contributed by atoms with Gasteiger partial charge < -0.3 is 4.74 Å². The minimum atomic E-state index is -0.783. The standard InChI is InChI=1S/C16H18N2O6/c1-10(2)16(19)24-13-9-8-12(17(20)21)15(18(22)23)14(13)11-6-4-3-5-7-11/h8-9,11H,1,3-7H2,2H3. The van der Waals surface area contributed by atoms with Gasteiger partial charge in [0.2, 0.25) is 0 Å². The molecule has 1 aromatic carbocycles. The van der Waals surface area contributed by atoms with Gasteiger partial charge in [-0.3, -0.25) is 20.2 Å². The summed E-state index contributed by atoms with van der Waals surface area (Å²) in [6.07, 6.45) is 4.09. The summed E-state index contributed by atoms with van der Waals surface area (Å²) < 4.78 is 5.22. The molecule has 8 nitrogen and oxygen atoms in total. The molecule has 0 N–H and O–H groups in total. The van der Waals surface area contributed by atoms with Crippen LogP contribution < -0.4 is 4.74 Å². The molecule has 0 aliphatic heterocycles. The number of carbonyl (C=O) groups is 1. The summed E-state index contributed by atoms with van der Waals surface area (Å²) in [5.74, 6) is -0.950. The van der Waals surface area contributed by atoms with E-state index in [1.54, 1.807) is 0 Å². The normalized spacial score (nSPS) is 14.9. The molecule has 0 aromatic heterocycles. The Kier molecular flexibility index (Phi) is 5.28. The van der Waals surface area contributed by atoms with Crippen LogP contribution in [0, 0.1) is 20.2 Å². The average molecular weight is 334 g/mol. The van der Waals surface area contributed by atoms with Crippen LogP contribution in [0.2, 0.25) is 0 Å². The lowest BCUT2D eigenvalue weighted by Gasteiger charge is -2.23. The molecule has 1 fully saturated rings. The monoisotopic (exact) mass is 334 g/mol. The highest BCUT2D eigenvalue weighted by molar-refractivity contribution is 5.89. The summed E-state index contributed by atoms with van der Waals surface area (Å²) >= 11 is 0. The van der Waals surface area contributed by atoms with Crippen LogP contribution in [0.15, 0.2) is 24.3 Å². The second-order valence-electron chi connectivity index (χ2n) is 5.86. The molecule has 0 unspecified atom stereocenters. The van der Waals surface area contributed by atoms with Crippen LogP contribution in [0.1, 0.15) is 50.5 Å². The van der Waals surface area contributed by atoms with Crippen molar-refractivity contribution in [1.29, 1.82) is 0 Å². The first-order chi connectivity index (χ1) is 11.3. The molecule has 0 bridgehead atoms. The van der Waals surface area contributed by atoms with Crippen molar-refractivity contribution in [2.45, 2.75) is 44.9 Å². The zero-order valence-corrected chi connectivity index (χ0v) is 13.3. The Bertz CT molecular complexity index is 707. The maximum absolute atomic E-state index is 11.8. The number of nitrogens with zero attached hydrogens (tertiary/aromatic N) is 2. The number of carbonyl (C=O) groups excluding carboxylic acids is 1. The van der Waals surface area contributed by atoms with Gasteiger partial charge in [0.15, 0.2) is 0 Å². The first-order valence-corrected chi connectivity index (χ1v) is 7.66. The van der Waals surface area contributed by atoms with Crippen LogP contribution in [0.4, 0.5) is 11.4 Å². The summed E-state index contributed by atoms with van der Waals surface area (Å²) in [7, 11) is 0. The lowest BCUT2D eigenvalue weighted by atomic mass is 9.82. The van der Waals surface area contributed by atoms with Gasteiger partial charge in [-0.2, -0.15) is 0 Å². The predicted molar refractivity (Wildman–Crippen MR) is 86.0 cm³/mol. The smallest absolute Gasteiger partial charge is 0.353 e. The first kappa shape index (κ1) is 17.6. The van der Waals surface area contributed by atoms with Gasteiger partial charge >= 0.3 is 17.3 Å². The molecule has 128 valence electrons.